The summed E-state index contributed by atoms with van der Waals surface area (Å²) in [7, 11) is 0. The number of anilines is 5. The van der Waals surface area contributed by atoms with Crippen LogP contribution in [0, 0.1) is 23.7 Å². The van der Waals surface area contributed by atoms with Crippen molar-refractivity contribution in [3.63, 3.8) is 0 Å². The molecule has 4 heteroatoms. The first-order valence-electron chi connectivity index (χ1n) is 29.5. The molecule has 1 spiro atoms. The van der Waals surface area contributed by atoms with Crippen LogP contribution in [0.4, 0.5) is 28.4 Å². The number of hydrogen-bond acceptors (Lipinski definition) is 4. The number of rotatable bonds is 8. The van der Waals surface area contributed by atoms with Gasteiger partial charge in [0.25, 0.3) is 0 Å². The third kappa shape index (κ3) is 6.85. The predicted octanol–water partition coefficient (Wildman–Crippen LogP) is 21.7. The summed E-state index contributed by atoms with van der Waals surface area (Å²) in [6.07, 6.45) is 6.82. The summed E-state index contributed by atoms with van der Waals surface area (Å²) >= 11 is 0. The van der Waals surface area contributed by atoms with Gasteiger partial charge in [-0.1, -0.05) is 164 Å². The van der Waals surface area contributed by atoms with Crippen LogP contribution in [0.25, 0.3) is 110 Å². The van der Waals surface area contributed by atoms with Gasteiger partial charge in [0, 0.05) is 72.7 Å². The molecular formula is C78H56N2O2. The van der Waals surface area contributed by atoms with Gasteiger partial charge in [0.2, 0.25) is 0 Å². The zero-order chi connectivity index (χ0) is 53.6. The standard InChI is InChI=1S/C78H56N2O2/c1-3-14-49(15-4-1)52-28-35-70(67(42-52)50-16-5-2-6-17-50)79-57-29-33-64-63-32-27-53(44-74(63)82-75(64)45-57)51-26-31-59-54(41-51)43-72(61-19-8-7-18-60(59)61)80(58-30-34-65-62-20-10-12-25-73(62)81-76(65)46-58)71-24-13-23-69-77(71)66-21-9-11-22-68(66)78(69)55-37-47-36-48(39-55)40-56(78)38-47/h1-35,41-48,55-56,79H,36-40H2. The Bertz CT molecular complexity index is 4900. The van der Waals surface area contributed by atoms with Crippen molar-refractivity contribution in [2.24, 2.45) is 23.7 Å². The lowest BCUT2D eigenvalue weighted by Crippen LogP contribution is -2.55. The van der Waals surface area contributed by atoms with Crippen LogP contribution in [0.1, 0.15) is 43.2 Å². The normalized spacial score (nSPS) is 19.5. The highest BCUT2D eigenvalue weighted by Crippen LogP contribution is 2.70. The van der Waals surface area contributed by atoms with E-state index in [1.807, 2.05) is 0 Å². The molecule has 5 aliphatic carbocycles. The molecule has 0 aliphatic heterocycles. The number of nitrogens with one attached hydrogen (secondary N) is 1. The van der Waals surface area contributed by atoms with Crippen LogP contribution in [0.3, 0.4) is 0 Å². The summed E-state index contributed by atoms with van der Waals surface area (Å²) in [5, 5.41) is 13.1. The molecule has 4 nitrogen and oxygen atoms in total. The van der Waals surface area contributed by atoms with E-state index in [1.165, 1.54) is 81.6 Å². The maximum Gasteiger partial charge on any atom is 0.137 e. The first-order valence-corrected chi connectivity index (χ1v) is 29.5. The predicted molar refractivity (Wildman–Crippen MR) is 340 cm³/mol. The fourth-order valence-corrected chi connectivity index (χ4v) is 16.6. The van der Waals surface area contributed by atoms with Gasteiger partial charge >= 0.3 is 0 Å². The minimum atomic E-state index is 0.0344. The highest BCUT2D eigenvalue weighted by Gasteiger charge is 2.62. The van der Waals surface area contributed by atoms with E-state index in [1.54, 1.807) is 11.1 Å². The van der Waals surface area contributed by atoms with Crippen molar-refractivity contribution < 1.29 is 8.83 Å². The van der Waals surface area contributed by atoms with Crippen molar-refractivity contribution >= 4 is 93.9 Å². The minimum Gasteiger partial charge on any atom is -0.456 e. The van der Waals surface area contributed by atoms with Gasteiger partial charge in [-0.2, -0.15) is 0 Å². The van der Waals surface area contributed by atoms with Gasteiger partial charge in [0.05, 0.1) is 11.4 Å². The summed E-state index contributed by atoms with van der Waals surface area (Å²) in [5.74, 6) is 3.07. The molecule has 0 unspecified atom stereocenters. The van der Waals surface area contributed by atoms with E-state index in [2.05, 4.69) is 259 Å². The van der Waals surface area contributed by atoms with Gasteiger partial charge in [-0.05, 0) is 189 Å². The van der Waals surface area contributed by atoms with Crippen molar-refractivity contribution in [2.75, 3.05) is 10.2 Å². The Morgan fingerprint density at radius 3 is 1.74 bits per heavy atom. The van der Waals surface area contributed by atoms with Crippen LogP contribution >= 0.6 is 0 Å². The van der Waals surface area contributed by atoms with Crippen molar-refractivity contribution in [3.8, 4) is 44.5 Å². The third-order valence-electron chi connectivity index (χ3n) is 19.8. The third-order valence-corrected chi connectivity index (χ3v) is 19.8. The summed E-state index contributed by atoms with van der Waals surface area (Å²) in [6, 6.07) is 91.7. The average Bonchev–Trinajstić information content (AvgIpc) is 2.39. The van der Waals surface area contributed by atoms with Crippen LogP contribution in [0.15, 0.2) is 258 Å². The molecule has 4 bridgehead atoms. The van der Waals surface area contributed by atoms with Gasteiger partial charge < -0.3 is 19.1 Å². The fourth-order valence-electron chi connectivity index (χ4n) is 16.6. The summed E-state index contributed by atoms with van der Waals surface area (Å²) in [4.78, 5) is 2.58. The molecule has 4 fully saturated rings. The van der Waals surface area contributed by atoms with E-state index >= 15 is 0 Å². The number of benzene rings is 12. The molecule has 390 valence electrons. The van der Waals surface area contributed by atoms with Gasteiger partial charge in [0.15, 0.2) is 0 Å². The number of para-hydroxylation sites is 1. The summed E-state index contributed by atoms with van der Waals surface area (Å²) < 4.78 is 13.5. The smallest absolute Gasteiger partial charge is 0.137 e. The summed E-state index contributed by atoms with van der Waals surface area (Å²) in [6.45, 7) is 0. The maximum absolute atomic E-state index is 6.81. The van der Waals surface area contributed by atoms with Gasteiger partial charge in [-0.3, -0.25) is 0 Å². The van der Waals surface area contributed by atoms with Gasteiger partial charge in [0.1, 0.15) is 22.3 Å². The van der Waals surface area contributed by atoms with E-state index in [0.717, 1.165) is 101 Å². The molecule has 4 saturated carbocycles. The lowest BCUT2D eigenvalue weighted by molar-refractivity contribution is -0.0399. The SMILES string of the molecule is c1ccc(-c2ccc(Nc3ccc4c(c3)oc3cc(-c5ccc6c(c5)cc(N(c5ccc7c(c5)oc5ccccc57)c5cccc7c5-c5ccccc5C75C7CC8CC(C7)CC5C8)c5ccccc56)ccc34)c(-c3ccccc3)c2)cc1. The number of hydrogen-bond donors (Lipinski definition) is 1. The second kappa shape index (κ2) is 17.7. The molecule has 0 atom stereocenters. The molecule has 12 aromatic carbocycles. The van der Waals surface area contributed by atoms with E-state index in [0.29, 0.717) is 11.8 Å². The van der Waals surface area contributed by atoms with Crippen molar-refractivity contribution in [1.29, 1.82) is 0 Å². The summed E-state index contributed by atoms with van der Waals surface area (Å²) in [5.41, 5.74) is 21.8. The lowest BCUT2D eigenvalue weighted by atomic mass is 9.43. The van der Waals surface area contributed by atoms with Crippen LogP contribution < -0.4 is 10.2 Å². The van der Waals surface area contributed by atoms with E-state index in [-0.39, 0.29) is 5.41 Å². The molecule has 1 N–H and O–H groups in total. The van der Waals surface area contributed by atoms with Gasteiger partial charge in [-0.15, -0.1) is 0 Å². The Morgan fingerprint density at radius 1 is 0.354 bits per heavy atom. The molecule has 0 radical (unpaired) electrons. The molecule has 0 amide bonds. The van der Waals surface area contributed by atoms with Crippen LogP contribution in [0.2, 0.25) is 0 Å². The second-order valence-corrected chi connectivity index (χ2v) is 24.1. The quantitative estimate of drug-likeness (QED) is 0.154. The second-order valence-electron chi connectivity index (χ2n) is 24.1. The zero-order valence-corrected chi connectivity index (χ0v) is 45.3. The number of furan rings is 2. The molecule has 2 heterocycles. The van der Waals surface area contributed by atoms with E-state index in [9.17, 15) is 0 Å². The van der Waals surface area contributed by atoms with Crippen LogP contribution in [-0.2, 0) is 5.41 Å². The van der Waals surface area contributed by atoms with Crippen LogP contribution in [0.5, 0.6) is 0 Å². The molecule has 82 heavy (non-hydrogen) atoms. The minimum absolute atomic E-state index is 0.0344. The Balaban J connectivity index is 0.770. The molecule has 19 rings (SSSR count). The Morgan fingerprint density at radius 2 is 0.939 bits per heavy atom. The Labute approximate surface area is 475 Å². The van der Waals surface area contributed by atoms with Crippen molar-refractivity contribution in [3.05, 3.63) is 260 Å². The molecule has 5 aliphatic rings. The van der Waals surface area contributed by atoms with Gasteiger partial charge in [-0.25, -0.2) is 0 Å². The monoisotopic (exact) mass is 1050 g/mol. The number of fused-ring (bicyclic) bond motifs is 12. The van der Waals surface area contributed by atoms with E-state index in [4.69, 9.17) is 8.83 Å². The van der Waals surface area contributed by atoms with E-state index < -0.39 is 0 Å². The molecule has 14 aromatic rings. The molecular weight excluding hydrogens is 997 g/mol. The fraction of sp³-hybridized carbons (Fsp3) is 0.128. The highest BCUT2D eigenvalue weighted by molar-refractivity contribution is 6.17. The maximum atomic E-state index is 6.81. The largest absolute Gasteiger partial charge is 0.456 e. The Kier molecular flexibility index (Phi) is 9.95. The molecule has 2 aromatic heterocycles. The van der Waals surface area contributed by atoms with Crippen LogP contribution in [-0.4, -0.2) is 0 Å². The lowest BCUT2D eigenvalue weighted by Gasteiger charge is -2.61. The molecule has 0 saturated heterocycles. The first-order chi connectivity index (χ1) is 40.6. The van der Waals surface area contributed by atoms with Crippen molar-refractivity contribution in [2.45, 2.75) is 37.5 Å². The topological polar surface area (TPSA) is 41.6 Å². The Hall–Kier alpha value is -9.64. The zero-order valence-electron chi connectivity index (χ0n) is 45.3. The van der Waals surface area contributed by atoms with Crippen molar-refractivity contribution in [1.82, 2.24) is 0 Å². The first kappa shape index (κ1) is 46.1. The average molecular weight is 1050 g/mol. The highest BCUT2D eigenvalue weighted by atomic mass is 16.3. The number of nitrogens with zero attached hydrogens (tertiary/aromatic N) is 1.